The zero-order chi connectivity index (χ0) is 21.9. The fraction of sp³-hybridized carbons (Fsp3) is 0.321. The van der Waals surface area contributed by atoms with Gasteiger partial charge < -0.3 is 9.36 Å². The molecule has 2 aromatic heterocycles. The van der Waals surface area contributed by atoms with Gasteiger partial charge in [-0.1, -0.05) is 54.6 Å². The summed E-state index contributed by atoms with van der Waals surface area (Å²) in [4.78, 5) is 20.7. The lowest BCUT2D eigenvalue weighted by Gasteiger charge is -2.28. The topological polar surface area (TPSA) is 47.8 Å². The van der Waals surface area contributed by atoms with Crippen molar-refractivity contribution in [1.29, 1.82) is 0 Å². The first-order valence-electron chi connectivity index (χ1n) is 11.6. The van der Waals surface area contributed by atoms with Crippen LogP contribution in [0, 0.1) is 11.8 Å². The highest BCUT2D eigenvalue weighted by molar-refractivity contribution is 5.80. The molecule has 0 aliphatic heterocycles. The summed E-state index contributed by atoms with van der Waals surface area (Å²) in [6.45, 7) is 2.68. The number of ketones is 1. The summed E-state index contributed by atoms with van der Waals surface area (Å²) in [5.74, 6) is 2.52. The fourth-order valence-corrected chi connectivity index (χ4v) is 5.11. The van der Waals surface area contributed by atoms with E-state index in [1.807, 2.05) is 18.5 Å². The van der Waals surface area contributed by atoms with E-state index in [2.05, 4.69) is 64.1 Å². The summed E-state index contributed by atoms with van der Waals surface area (Å²) in [7, 11) is 0. The van der Waals surface area contributed by atoms with E-state index in [4.69, 9.17) is 4.98 Å². The normalized spacial score (nSPS) is 18.7. The first-order chi connectivity index (χ1) is 15.7. The van der Waals surface area contributed by atoms with E-state index in [9.17, 15) is 4.79 Å². The van der Waals surface area contributed by atoms with Crippen LogP contribution in [0.1, 0.15) is 39.0 Å². The monoisotopic (exact) mass is 423 g/mol. The van der Waals surface area contributed by atoms with Crippen molar-refractivity contribution in [3.63, 3.8) is 0 Å². The highest BCUT2D eigenvalue weighted by atomic mass is 16.1. The molecular formula is C28H29N3O. The number of nitrogens with zero attached hydrogens (tertiary/aromatic N) is 3. The number of hydrogen-bond acceptors (Lipinski definition) is 3. The van der Waals surface area contributed by atoms with Crippen LogP contribution in [-0.4, -0.2) is 20.3 Å². The standard InChI is InChI=1S/C28H29N3O/c1-20(32)17-21-7-9-22(10-8-21)19-31-27-15-16-29-18-26(27)30-28(31)25-13-11-24(12-14-25)23-5-3-2-4-6-23/h2-6,11-16,18,21-22H,7-10,17,19H2,1H3. The van der Waals surface area contributed by atoms with E-state index in [1.165, 1.54) is 24.0 Å². The maximum Gasteiger partial charge on any atom is 0.141 e. The second kappa shape index (κ2) is 9.07. The quantitative estimate of drug-likeness (QED) is 0.353. The number of carbonyl (C=O) groups excluding carboxylic acids is 1. The lowest BCUT2D eigenvalue weighted by atomic mass is 9.80. The van der Waals surface area contributed by atoms with Gasteiger partial charge in [-0.3, -0.25) is 4.98 Å². The molecule has 0 atom stereocenters. The molecule has 2 aromatic carbocycles. The van der Waals surface area contributed by atoms with Crippen molar-refractivity contribution in [2.24, 2.45) is 11.8 Å². The van der Waals surface area contributed by atoms with Gasteiger partial charge >= 0.3 is 0 Å². The van der Waals surface area contributed by atoms with Gasteiger partial charge in [-0.25, -0.2) is 4.98 Å². The Kier molecular flexibility index (Phi) is 5.85. The summed E-state index contributed by atoms with van der Waals surface area (Å²) in [6, 6.07) is 21.2. The number of fused-ring (bicyclic) bond motifs is 1. The molecule has 32 heavy (non-hydrogen) atoms. The van der Waals surface area contributed by atoms with E-state index in [-0.39, 0.29) is 0 Å². The molecule has 4 heteroatoms. The Labute approximate surface area is 189 Å². The van der Waals surface area contributed by atoms with Gasteiger partial charge in [0.1, 0.15) is 17.1 Å². The van der Waals surface area contributed by atoms with Crippen molar-refractivity contribution in [2.75, 3.05) is 0 Å². The number of pyridine rings is 1. The second-order valence-corrected chi connectivity index (χ2v) is 9.15. The maximum absolute atomic E-state index is 11.5. The van der Waals surface area contributed by atoms with Crippen molar-refractivity contribution in [3.05, 3.63) is 73.1 Å². The summed E-state index contributed by atoms with van der Waals surface area (Å²) < 4.78 is 2.38. The van der Waals surface area contributed by atoms with Gasteiger partial charge in [0.15, 0.2) is 0 Å². The van der Waals surface area contributed by atoms with Crippen LogP contribution < -0.4 is 0 Å². The highest BCUT2D eigenvalue weighted by Crippen LogP contribution is 2.34. The average Bonchev–Trinajstić information content (AvgIpc) is 3.19. The van der Waals surface area contributed by atoms with Gasteiger partial charge in [0.05, 0.1) is 11.7 Å². The molecule has 1 aliphatic rings. The highest BCUT2D eigenvalue weighted by Gasteiger charge is 2.24. The molecule has 4 aromatic rings. The Hall–Kier alpha value is -3.27. The number of benzene rings is 2. The second-order valence-electron chi connectivity index (χ2n) is 9.15. The molecule has 4 nitrogen and oxygen atoms in total. The van der Waals surface area contributed by atoms with Gasteiger partial charge in [-0.15, -0.1) is 0 Å². The van der Waals surface area contributed by atoms with Gasteiger partial charge in [0, 0.05) is 24.7 Å². The number of hydrogen-bond donors (Lipinski definition) is 0. The molecule has 0 amide bonds. The summed E-state index contributed by atoms with van der Waals surface area (Å²) in [5, 5.41) is 0. The minimum absolute atomic E-state index is 0.322. The fourth-order valence-electron chi connectivity index (χ4n) is 5.11. The van der Waals surface area contributed by atoms with Crippen molar-refractivity contribution >= 4 is 16.8 Å². The van der Waals surface area contributed by atoms with E-state index in [0.29, 0.717) is 17.6 Å². The van der Waals surface area contributed by atoms with Crippen LogP contribution in [0.5, 0.6) is 0 Å². The number of carbonyl (C=O) groups is 1. The SMILES string of the molecule is CC(=O)CC1CCC(Cn2c(-c3ccc(-c4ccccc4)cc3)nc3cnccc32)CC1. The third-order valence-electron chi connectivity index (χ3n) is 6.78. The number of imidazole rings is 1. The number of aromatic nitrogens is 3. The lowest BCUT2D eigenvalue weighted by molar-refractivity contribution is -0.118. The predicted molar refractivity (Wildman–Crippen MR) is 129 cm³/mol. The van der Waals surface area contributed by atoms with Gasteiger partial charge in [0.25, 0.3) is 0 Å². The van der Waals surface area contributed by atoms with Crippen LogP contribution in [0.25, 0.3) is 33.5 Å². The average molecular weight is 424 g/mol. The minimum Gasteiger partial charge on any atom is -0.324 e. The van der Waals surface area contributed by atoms with Crippen LogP contribution in [-0.2, 0) is 11.3 Å². The van der Waals surface area contributed by atoms with Crippen LogP contribution in [0.15, 0.2) is 73.1 Å². The Bertz CT molecular complexity index is 1200. The molecule has 0 bridgehead atoms. The smallest absolute Gasteiger partial charge is 0.141 e. The summed E-state index contributed by atoms with van der Waals surface area (Å²) in [5.41, 5.74) is 5.65. The molecule has 5 rings (SSSR count). The molecule has 2 heterocycles. The van der Waals surface area contributed by atoms with Crippen LogP contribution in [0.2, 0.25) is 0 Å². The maximum atomic E-state index is 11.5. The molecule has 1 saturated carbocycles. The van der Waals surface area contributed by atoms with Crippen molar-refractivity contribution < 1.29 is 4.79 Å². The van der Waals surface area contributed by atoms with E-state index < -0.39 is 0 Å². The van der Waals surface area contributed by atoms with E-state index >= 15 is 0 Å². The molecular weight excluding hydrogens is 394 g/mol. The molecule has 1 fully saturated rings. The Morgan fingerprint density at radius 1 is 0.875 bits per heavy atom. The molecule has 0 N–H and O–H groups in total. The Balaban J connectivity index is 1.42. The first kappa shape index (κ1) is 20.6. The van der Waals surface area contributed by atoms with Gasteiger partial charge in [-0.05, 0) is 61.6 Å². The van der Waals surface area contributed by atoms with Crippen LogP contribution in [0.4, 0.5) is 0 Å². The molecule has 0 saturated heterocycles. The third-order valence-corrected chi connectivity index (χ3v) is 6.78. The first-order valence-corrected chi connectivity index (χ1v) is 11.6. The molecule has 0 unspecified atom stereocenters. The zero-order valence-corrected chi connectivity index (χ0v) is 18.6. The lowest BCUT2D eigenvalue weighted by Crippen LogP contribution is -2.20. The minimum atomic E-state index is 0.322. The van der Waals surface area contributed by atoms with Crippen molar-refractivity contribution in [2.45, 2.75) is 45.6 Å². The Morgan fingerprint density at radius 3 is 2.25 bits per heavy atom. The molecule has 0 radical (unpaired) electrons. The van der Waals surface area contributed by atoms with E-state index in [1.54, 1.807) is 6.92 Å². The number of rotatable bonds is 6. The molecule has 162 valence electrons. The largest absolute Gasteiger partial charge is 0.324 e. The van der Waals surface area contributed by atoms with Crippen molar-refractivity contribution in [1.82, 2.24) is 14.5 Å². The van der Waals surface area contributed by atoms with Crippen LogP contribution in [0.3, 0.4) is 0 Å². The summed E-state index contributed by atoms with van der Waals surface area (Å²) >= 11 is 0. The van der Waals surface area contributed by atoms with Gasteiger partial charge in [0.2, 0.25) is 0 Å². The number of Topliss-reactive ketones (excluding diaryl/α,β-unsaturated/α-hetero) is 1. The van der Waals surface area contributed by atoms with E-state index in [0.717, 1.165) is 48.2 Å². The van der Waals surface area contributed by atoms with Crippen molar-refractivity contribution in [3.8, 4) is 22.5 Å². The predicted octanol–water partition coefficient (Wildman–Crippen LogP) is 6.55. The molecule has 1 aliphatic carbocycles. The molecule has 0 spiro atoms. The third kappa shape index (κ3) is 4.36. The summed E-state index contributed by atoms with van der Waals surface area (Å²) in [6.07, 6.45) is 9.11. The Morgan fingerprint density at radius 2 is 1.53 bits per heavy atom. The van der Waals surface area contributed by atoms with Gasteiger partial charge in [-0.2, -0.15) is 0 Å². The zero-order valence-electron chi connectivity index (χ0n) is 18.6. The van der Waals surface area contributed by atoms with Crippen LogP contribution >= 0.6 is 0 Å².